The van der Waals surface area contributed by atoms with Crippen molar-refractivity contribution >= 4 is 32.6 Å². The minimum absolute atomic E-state index is 0.00687. The maximum absolute atomic E-state index is 12.8. The van der Waals surface area contributed by atoms with Crippen molar-refractivity contribution in [2.75, 3.05) is 5.32 Å². The minimum atomic E-state index is -4.08. The third-order valence-electron chi connectivity index (χ3n) is 4.34. The lowest BCUT2D eigenvalue weighted by molar-refractivity contribution is -0.117. The Morgan fingerprint density at radius 2 is 1.93 bits per heavy atom. The van der Waals surface area contributed by atoms with Crippen molar-refractivity contribution in [2.45, 2.75) is 24.7 Å². The Labute approximate surface area is 157 Å². The quantitative estimate of drug-likeness (QED) is 0.681. The van der Waals surface area contributed by atoms with E-state index in [9.17, 15) is 13.2 Å². The van der Waals surface area contributed by atoms with E-state index in [0.29, 0.717) is 11.2 Å². The number of carbonyl (C=O) groups excluding carboxylic acids is 1. The zero-order valence-corrected chi connectivity index (χ0v) is 15.5. The Morgan fingerprint density at radius 1 is 1.15 bits per heavy atom. The molecule has 1 aliphatic carbocycles. The lowest BCUT2D eigenvalue weighted by Gasteiger charge is -2.11. The van der Waals surface area contributed by atoms with Crippen LogP contribution in [-0.2, 0) is 14.9 Å². The Balaban J connectivity index is 1.63. The van der Waals surface area contributed by atoms with Crippen LogP contribution in [0.2, 0.25) is 0 Å². The van der Waals surface area contributed by atoms with Gasteiger partial charge in [-0.2, -0.15) is 8.42 Å². The van der Waals surface area contributed by atoms with E-state index in [-0.39, 0.29) is 22.5 Å². The van der Waals surface area contributed by atoms with Gasteiger partial charge in [-0.1, -0.05) is 18.2 Å². The molecular weight excluding hydrogens is 364 g/mol. The number of amides is 1. The summed E-state index contributed by atoms with van der Waals surface area (Å²) in [5.74, 6) is 0.139. The summed E-state index contributed by atoms with van der Waals surface area (Å²) in [7, 11) is -4.08. The number of nitrogens with zero attached hydrogens (tertiary/aromatic N) is 1. The number of hydrogen-bond donors (Lipinski definition) is 1. The van der Waals surface area contributed by atoms with Gasteiger partial charge in [0, 0.05) is 29.3 Å². The smallest absolute Gasteiger partial charge is 0.341 e. The molecule has 1 amide bonds. The number of benzene rings is 2. The zero-order valence-electron chi connectivity index (χ0n) is 14.7. The third-order valence-corrected chi connectivity index (χ3v) is 5.62. The molecule has 1 N–H and O–H groups in total. The van der Waals surface area contributed by atoms with E-state index in [1.165, 1.54) is 18.2 Å². The first-order chi connectivity index (χ1) is 12.9. The Morgan fingerprint density at radius 3 is 2.70 bits per heavy atom. The van der Waals surface area contributed by atoms with Crippen LogP contribution < -0.4 is 9.50 Å². The third kappa shape index (κ3) is 3.78. The van der Waals surface area contributed by atoms with Crippen molar-refractivity contribution in [2.24, 2.45) is 5.92 Å². The molecule has 0 radical (unpaired) electrons. The highest BCUT2D eigenvalue weighted by Crippen LogP contribution is 2.31. The number of anilines is 1. The van der Waals surface area contributed by atoms with Crippen LogP contribution in [-0.4, -0.2) is 19.3 Å². The Kier molecular flexibility index (Phi) is 4.31. The van der Waals surface area contributed by atoms with Gasteiger partial charge in [0.2, 0.25) is 5.91 Å². The zero-order chi connectivity index (χ0) is 19.0. The van der Waals surface area contributed by atoms with Crippen molar-refractivity contribution in [1.82, 2.24) is 4.98 Å². The van der Waals surface area contributed by atoms with Crippen molar-refractivity contribution in [1.29, 1.82) is 0 Å². The maximum Gasteiger partial charge on any atom is 0.341 e. The average molecular weight is 382 g/mol. The monoisotopic (exact) mass is 382 g/mol. The van der Waals surface area contributed by atoms with E-state index < -0.39 is 10.1 Å². The highest BCUT2D eigenvalue weighted by Gasteiger charge is 2.29. The summed E-state index contributed by atoms with van der Waals surface area (Å²) in [6, 6.07) is 13.2. The fraction of sp³-hybridized carbons (Fsp3) is 0.200. The van der Waals surface area contributed by atoms with Crippen LogP contribution >= 0.6 is 0 Å². The topological polar surface area (TPSA) is 85.4 Å². The number of para-hydroxylation sites is 1. The van der Waals surface area contributed by atoms with Gasteiger partial charge >= 0.3 is 10.1 Å². The molecule has 7 heteroatoms. The molecule has 6 nitrogen and oxygen atoms in total. The van der Waals surface area contributed by atoms with Crippen LogP contribution in [0, 0.1) is 12.8 Å². The normalized spacial score (nSPS) is 14.1. The largest absolute Gasteiger partial charge is 0.379 e. The number of aryl methyl sites for hydroxylation is 1. The lowest BCUT2D eigenvalue weighted by Crippen LogP contribution is -2.14. The van der Waals surface area contributed by atoms with Gasteiger partial charge in [-0.15, -0.1) is 0 Å². The summed E-state index contributed by atoms with van der Waals surface area (Å²) in [5.41, 5.74) is 1.81. The second-order valence-corrected chi connectivity index (χ2v) is 8.18. The molecule has 1 saturated carbocycles. The van der Waals surface area contributed by atoms with Crippen LogP contribution in [0.4, 0.5) is 5.69 Å². The molecule has 0 aliphatic heterocycles. The fourth-order valence-corrected chi connectivity index (χ4v) is 3.93. The van der Waals surface area contributed by atoms with Gasteiger partial charge < -0.3 is 9.50 Å². The molecule has 0 atom stereocenters. The molecular formula is C20H18N2O4S. The fourth-order valence-electron chi connectivity index (χ4n) is 2.83. The van der Waals surface area contributed by atoms with Crippen LogP contribution in [0.1, 0.15) is 18.4 Å². The van der Waals surface area contributed by atoms with Crippen molar-refractivity contribution in [3.05, 3.63) is 60.3 Å². The molecule has 2 aromatic carbocycles. The van der Waals surface area contributed by atoms with E-state index in [0.717, 1.165) is 23.8 Å². The van der Waals surface area contributed by atoms with Crippen LogP contribution in [0.5, 0.6) is 5.75 Å². The van der Waals surface area contributed by atoms with Crippen LogP contribution in [0.3, 0.4) is 0 Å². The van der Waals surface area contributed by atoms with Gasteiger partial charge in [-0.25, -0.2) is 0 Å². The molecule has 0 saturated heterocycles. The summed E-state index contributed by atoms with van der Waals surface area (Å²) >= 11 is 0. The molecule has 0 unspecified atom stereocenters. The Hall–Kier alpha value is -2.93. The molecule has 0 spiro atoms. The summed E-state index contributed by atoms with van der Waals surface area (Å²) < 4.78 is 30.9. The SMILES string of the molecule is Cc1cnc2c(S(=O)(=O)Oc3cccc(NC(=O)C4CC4)c3)cccc2c1. The minimum Gasteiger partial charge on any atom is -0.379 e. The van der Waals surface area contributed by atoms with Crippen LogP contribution in [0.25, 0.3) is 10.9 Å². The van der Waals surface area contributed by atoms with E-state index in [1.807, 2.05) is 19.1 Å². The predicted molar refractivity (Wildman–Crippen MR) is 102 cm³/mol. The Bertz CT molecular complexity index is 1140. The number of rotatable bonds is 5. The number of carbonyl (C=O) groups is 1. The number of aromatic nitrogens is 1. The van der Waals surface area contributed by atoms with Crippen LogP contribution in [0.15, 0.2) is 59.6 Å². The predicted octanol–water partition coefficient (Wildman–Crippen LogP) is 3.66. The van der Waals surface area contributed by atoms with Gasteiger partial charge in [0.15, 0.2) is 0 Å². The first-order valence-electron chi connectivity index (χ1n) is 8.63. The van der Waals surface area contributed by atoms with E-state index >= 15 is 0 Å². The van der Waals surface area contributed by atoms with Crippen molar-refractivity contribution < 1.29 is 17.4 Å². The summed E-state index contributed by atoms with van der Waals surface area (Å²) in [6.45, 7) is 1.89. The van der Waals surface area contributed by atoms with E-state index in [4.69, 9.17) is 4.18 Å². The van der Waals surface area contributed by atoms with Gasteiger partial charge in [-0.05, 0) is 49.6 Å². The second-order valence-electron chi connectivity index (χ2n) is 6.67. The molecule has 1 aliphatic rings. The molecule has 27 heavy (non-hydrogen) atoms. The highest BCUT2D eigenvalue weighted by atomic mass is 32.2. The van der Waals surface area contributed by atoms with Gasteiger partial charge in [0.25, 0.3) is 0 Å². The molecule has 1 heterocycles. The molecule has 1 aromatic heterocycles. The van der Waals surface area contributed by atoms with Crippen molar-refractivity contribution in [3.63, 3.8) is 0 Å². The summed E-state index contributed by atoms with van der Waals surface area (Å²) in [4.78, 5) is 16.2. The average Bonchev–Trinajstić information content (AvgIpc) is 3.46. The van der Waals surface area contributed by atoms with Gasteiger partial charge in [0.1, 0.15) is 10.6 Å². The molecule has 0 bridgehead atoms. The molecule has 1 fully saturated rings. The first kappa shape index (κ1) is 17.5. The second kappa shape index (κ2) is 6.66. The molecule has 3 aromatic rings. The lowest BCUT2D eigenvalue weighted by atomic mass is 10.2. The summed E-state index contributed by atoms with van der Waals surface area (Å²) in [6.07, 6.45) is 3.41. The van der Waals surface area contributed by atoms with Gasteiger partial charge in [0.05, 0.1) is 5.52 Å². The molecule has 138 valence electrons. The van der Waals surface area contributed by atoms with Gasteiger partial charge in [-0.3, -0.25) is 9.78 Å². The number of hydrogen-bond acceptors (Lipinski definition) is 5. The van der Waals surface area contributed by atoms with Crippen molar-refractivity contribution in [3.8, 4) is 5.75 Å². The number of pyridine rings is 1. The molecule has 4 rings (SSSR count). The first-order valence-corrected chi connectivity index (χ1v) is 10.0. The standard InChI is InChI=1S/C20H18N2O4S/c1-13-10-15-4-2-7-18(19(15)21-12-13)27(24,25)26-17-6-3-5-16(11-17)22-20(23)14-8-9-14/h2-7,10-12,14H,8-9H2,1H3,(H,22,23). The summed E-state index contributed by atoms with van der Waals surface area (Å²) in [5, 5.41) is 3.51. The number of fused-ring (bicyclic) bond motifs is 1. The van der Waals surface area contributed by atoms with E-state index in [2.05, 4.69) is 10.3 Å². The van der Waals surface area contributed by atoms with E-state index in [1.54, 1.807) is 24.4 Å². The highest BCUT2D eigenvalue weighted by molar-refractivity contribution is 7.87. The maximum atomic E-state index is 12.8. The number of nitrogens with one attached hydrogen (secondary N) is 1.